The highest BCUT2D eigenvalue weighted by Crippen LogP contribution is 2.22. The summed E-state index contributed by atoms with van der Waals surface area (Å²) >= 11 is 0. The van der Waals surface area contributed by atoms with E-state index in [-0.39, 0.29) is 24.3 Å². The summed E-state index contributed by atoms with van der Waals surface area (Å²) in [6.45, 7) is 3.73. The van der Waals surface area contributed by atoms with E-state index in [4.69, 9.17) is 4.74 Å². The Labute approximate surface area is 130 Å². The number of benzene rings is 1. The van der Waals surface area contributed by atoms with Crippen LogP contribution < -0.4 is 15.6 Å². The number of para-hydroxylation sites is 1. The number of ether oxygens (including phenoxy) is 1. The van der Waals surface area contributed by atoms with Gasteiger partial charge in [-0.2, -0.15) is 0 Å². The summed E-state index contributed by atoms with van der Waals surface area (Å²) in [5.74, 6) is 0.428. The molecule has 1 atom stereocenters. The molecule has 1 aromatic rings. The third-order valence-corrected chi connectivity index (χ3v) is 3.66. The number of carbonyl (C=O) groups is 2. The van der Waals surface area contributed by atoms with E-state index >= 15 is 0 Å². The lowest BCUT2D eigenvalue weighted by molar-refractivity contribution is -0.130. The largest absolute Gasteiger partial charge is 0.483 e. The summed E-state index contributed by atoms with van der Waals surface area (Å²) in [6, 6.07) is 5.80. The summed E-state index contributed by atoms with van der Waals surface area (Å²) in [7, 11) is 0. The minimum Gasteiger partial charge on any atom is -0.483 e. The van der Waals surface area contributed by atoms with Crippen LogP contribution in [0.5, 0.6) is 5.75 Å². The maximum Gasteiger partial charge on any atom is 0.276 e. The number of amides is 2. The van der Waals surface area contributed by atoms with Gasteiger partial charge in [-0.05, 0) is 43.7 Å². The molecule has 5 nitrogen and oxygen atoms in total. The molecule has 118 valence electrons. The molecule has 0 saturated carbocycles. The number of hydrazine groups is 1. The van der Waals surface area contributed by atoms with E-state index < -0.39 is 0 Å². The predicted octanol–water partition coefficient (Wildman–Crippen LogP) is 2.19. The molecule has 0 aromatic heterocycles. The van der Waals surface area contributed by atoms with E-state index in [2.05, 4.69) is 16.9 Å². The molecule has 2 rings (SSSR count). The highest BCUT2D eigenvalue weighted by molar-refractivity contribution is 5.83. The molecular weight excluding hydrogens is 280 g/mol. The number of carbonyl (C=O) groups excluding carboxylic acids is 2. The van der Waals surface area contributed by atoms with Gasteiger partial charge in [0.2, 0.25) is 5.91 Å². The van der Waals surface area contributed by atoms with Crippen LogP contribution in [0.25, 0.3) is 0 Å². The molecule has 1 aliphatic rings. The normalized spacial score (nSPS) is 16.4. The van der Waals surface area contributed by atoms with Gasteiger partial charge in [-0.1, -0.05) is 30.4 Å². The van der Waals surface area contributed by atoms with Crippen molar-refractivity contribution in [3.63, 3.8) is 0 Å². The van der Waals surface area contributed by atoms with Crippen molar-refractivity contribution < 1.29 is 14.3 Å². The molecule has 22 heavy (non-hydrogen) atoms. The Morgan fingerprint density at radius 3 is 2.50 bits per heavy atom. The van der Waals surface area contributed by atoms with Gasteiger partial charge in [-0.25, -0.2) is 0 Å². The van der Waals surface area contributed by atoms with Gasteiger partial charge in [0.15, 0.2) is 6.61 Å². The summed E-state index contributed by atoms with van der Waals surface area (Å²) in [5, 5.41) is 0. The first-order chi connectivity index (χ1) is 10.6. The van der Waals surface area contributed by atoms with Crippen LogP contribution in [0.4, 0.5) is 0 Å². The average Bonchev–Trinajstić information content (AvgIpc) is 2.97. The molecule has 5 heteroatoms. The van der Waals surface area contributed by atoms with Crippen molar-refractivity contribution >= 4 is 11.8 Å². The van der Waals surface area contributed by atoms with E-state index in [1.165, 1.54) is 0 Å². The zero-order valence-electron chi connectivity index (χ0n) is 13.0. The van der Waals surface area contributed by atoms with Gasteiger partial charge >= 0.3 is 0 Å². The van der Waals surface area contributed by atoms with Crippen LogP contribution in [-0.2, 0) is 9.59 Å². The molecule has 2 amide bonds. The van der Waals surface area contributed by atoms with Crippen molar-refractivity contribution in [3.05, 3.63) is 41.5 Å². The fraction of sp³-hybridized carbons (Fsp3) is 0.412. The van der Waals surface area contributed by atoms with Crippen LogP contribution in [0, 0.1) is 19.8 Å². The first-order valence-electron chi connectivity index (χ1n) is 7.49. The smallest absolute Gasteiger partial charge is 0.276 e. The van der Waals surface area contributed by atoms with E-state index in [1.807, 2.05) is 38.1 Å². The van der Waals surface area contributed by atoms with Crippen molar-refractivity contribution in [2.24, 2.45) is 5.92 Å². The average molecular weight is 302 g/mol. The van der Waals surface area contributed by atoms with Gasteiger partial charge in [0.1, 0.15) is 5.75 Å². The lowest BCUT2D eigenvalue weighted by Gasteiger charge is -2.13. The maximum absolute atomic E-state index is 11.7. The van der Waals surface area contributed by atoms with Crippen LogP contribution in [0.15, 0.2) is 30.4 Å². The van der Waals surface area contributed by atoms with E-state index in [0.717, 1.165) is 24.0 Å². The van der Waals surface area contributed by atoms with Gasteiger partial charge in [-0.15, -0.1) is 0 Å². The van der Waals surface area contributed by atoms with Crippen LogP contribution in [0.2, 0.25) is 0 Å². The molecule has 0 fully saturated rings. The first kappa shape index (κ1) is 16.1. The molecule has 2 N–H and O–H groups in total. The molecule has 0 aliphatic heterocycles. The number of nitrogens with one attached hydrogen (secondary N) is 2. The molecule has 1 aliphatic carbocycles. The van der Waals surface area contributed by atoms with Crippen LogP contribution >= 0.6 is 0 Å². The Bertz CT molecular complexity index is 561. The molecule has 0 radical (unpaired) electrons. The van der Waals surface area contributed by atoms with Gasteiger partial charge in [0.25, 0.3) is 5.91 Å². The topological polar surface area (TPSA) is 67.4 Å². The van der Waals surface area contributed by atoms with Gasteiger partial charge in [0, 0.05) is 6.42 Å². The lowest BCUT2D eigenvalue weighted by Crippen LogP contribution is -2.44. The van der Waals surface area contributed by atoms with Crippen molar-refractivity contribution in [3.8, 4) is 5.75 Å². The second-order valence-electron chi connectivity index (χ2n) is 5.58. The second-order valence-corrected chi connectivity index (χ2v) is 5.58. The van der Waals surface area contributed by atoms with Crippen molar-refractivity contribution in [1.82, 2.24) is 10.9 Å². The minimum absolute atomic E-state index is 0.130. The summed E-state index contributed by atoms with van der Waals surface area (Å²) < 4.78 is 5.52. The number of allylic oxidation sites excluding steroid dienone is 2. The van der Waals surface area contributed by atoms with Gasteiger partial charge in [-0.3, -0.25) is 20.4 Å². The summed E-state index contributed by atoms with van der Waals surface area (Å²) in [4.78, 5) is 23.4. The number of hydrogen-bond acceptors (Lipinski definition) is 3. The van der Waals surface area contributed by atoms with Crippen LogP contribution in [0.3, 0.4) is 0 Å². The molecule has 1 aromatic carbocycles. The zero-order valence-corrected chi connectivity index (χ0v) is 13.0. The second kappa shape index (κ2) is 7.64. The predicted molar refractivity (Wildman–Crippen MR) is 84.2 cm³/mol. The Kier molecular flexibility index (Phi) is 5.58. The Hall–Kier alpha value is -2.30. The third kappa shape index (κ3) is 4.62. The molecule has 0 bridgehead atoms. The van der Waals surface area contributed by atoms with Crippen molar-refractivity contribution in [1.29, 1.82) is 0 Å². The SMILES string of the molecule is Cc1cccc(C)c1OCC(=O)NNC(=O)CC1C=CCC1. The van der Waals surface area contributed by atoms with E-state index in [9.17, 15) is 9.59 Å². The molecule has 0 saturated heterocycles. The van der Waals surface area contributed by atoms with Gasteiger partial charge < -0.3 is 4.74 Å². The van der Waals surface area contributed by atoms with E-state index in [0.29, 0.717) is 12.2 Å². The molecule has 0 spiro atoms. The fourth-order valence-corrected chi connectivity index (χ4v) is 2.49. The van der Waals surface area contributed by atoms with E-state index in [1.54, 1.807) is 0 Å². The fourth-order valence-electron chi connectivity index (χ4n) is 2.49. The van der Waals surface area contributed by atoms with Crippen molar-refractivity contribution in [2.75, 3.05) is 6.61 Å². The maximum atomic E-state index is 11.7. The molecule has 1 unspecified atom stereocenters. The zero-order chi connectivity index (χ0) is 15.9. The lowest BCUT2D eigenvalue weighted by atomic mass is 10.1. The Morgan fingerprint density at radius 1 is 1.18 bits per heavy atom. The monoisotopic (exact) mass is 302 g/mol. The number of hydrogen-bond donors (Lipinski definition) is 2. The Balaban J connectivity index is 1.71. The first-order valence-corrected chi connectivity index (χ1v) is 7.49. The van der Waals surface area contributed by atoms with Gasteiger partial charge in [0.05, 0.1) is 0 Å². The highest BCUT2D eigenvalue weighted by atomic mass is 16.5. The highest BCUT2D eigenvalue weighted by Gasteiger charge is 2.14. The summed E-state index contributed by atoms with van der Waals surface area (Å²) in [6.07, 6.45) is 6.54. The number of rotatable bonds is 5. The van der Waals surface area contributed by atoms with Crippen LogP contribution in [-0.4, -0.2) is 18.4 Å². The molecule has 0 heterocycles. The van der Waals surface area contributed by atoms with Crippen LogP contribution in [0.1, 0.15) is 30.4 Å². The Morgan fingerprint density at radius 2 is 1.86 bits per heavy atom. The quantitative estimate of drug-likeness (QED) is 0.647. The molecular formula is C17H22N2O3. The summed E-state index contributed by atoms with van der Waals surface area (Å²) in [5.41, 5.74) is 6.75. The third-order valence-electron chi connectivity index (χ3n) is 3.66. The van der Waals surface area contributed by atoms with Crippen molar-refractivity contribution in [2.45, 2.75) is 33.1 Å². The minimum atomic E-state index is -0.377. The standard InChI is InChI=1S/C17H22N2O3/c1-12-6-5-7-13(2)17(12)22-11-16(21)19-18-15(20)10-14-8-3-4-9-14/h3,5-8,14H,4,9-11H2,1-2H3,(H,18,20)(H,19,21). The number of aryl methyl sites for hydroxylation is 2.